The zero-order valence-corrected chi connectivity index (χ0v) is 16.9. The van der Waals surface area contributed by atoms with Gasteiger partial charge < -0.3 is 20.1 Å². The van der Waals surface area contributed by atoms with E-state index in [4.69, 9.17) is 15.2 Å². The zero-order chi connectivity index (χ0) is 20.4. The fraction of sp³-hybridized carbons (Fsp3) is 0.333. The van der Waals surface area contributed by atoms with E-state index in [-0.39, 0.29) is 11.9 Å². The van der Waals surface area contributed by atoms with E-state index in [1.54, 1.807) is 4.90 Å². The van der Waals surface area contributed by atoms with E-state index in [1.807, 2.05) is 25.2 Å². The van der Waals surface area contributed by atoms with Gasteiger partial charge in [0, 0.05) is 29.1 Å². The Bertz CT molecular complexity index is 1200. The Labute approximate surface area is 174 Å². The van der Waals surface area contributed by atoms with Crippen molar-refractivity contribution in [1.82, 2.24) is 9.88 Å². The Morgan fingerprint density at radius 1 is 1.13 bits per heavy atom. The predicted octanol–water partition coefficient (Wildman–Crippen LogP) is 3.93. The molecule has 1 saturated carbocycles. The van der Waals surface area contributed by atoms with Crippen LogP contribution in [0.2, 0.25) is 0 Å². The van der Waals surface area contributed by atoms with Crippen LogP contribution in [0.25, 0.3) is 10.9 Å². The number of hydrogen-bond acceptors (Lipinski definition) is 5. The van der Waals surface area contributed by atoms with Crippen LogP contribution in [-0.2, 0) is 18.0 Å². The molecule has 30 heavy (non-hydrogen) atoms. The highest BCUT2D eigenvalue weighted by Crippen LogP contribution is 2.44. The molecular formula is C24H23N3O3. The van der Waals surface area contributed by atoms with Crippen LogP contribution in [0.15, 0.2) is 36.4 Å². The van der Waals surface area contributed by atoms with Crippen LogP contribution in [0.1, 0.15) is 57.4 Å². The number of pyridine rings is 1. The van der Waals surface area contributed by atoms with Crippen molar-refractivity contribution in [1.29, 1.82) is 0 Å². The average Bonchev–Trinajstić information content (AvgIpc) is 3.33. The summed E-state index contributed by atoms with van der Waals surface area (Å²) in [5, 5.41) is 0.938. The van der Waals surface area contributed by atoms with Gasteiger partial charge in [0.1, 0.15) is 18.2 Å². The predicted molar refractivity (Wildman–Crippen MR) is 113 cm³/mol. The van der Waals surface area contributed by atoms with Gasteiger partial charge in [0.2, 0.25) is 0 Å². The van der Waals surface area contributed by atoms with Gasteiger partial charge in [0.25, 0.3) is 5.91 Å². The van der Waals surface area contributed by atoms with Gasteiger partial charge in [-0.25, -0.2) is 4.98 Å². The third-order valence-electron chi connectivity index (χ3n) is 6.61. The molecule has 2 N–H and O–H groups in total. The summed E-state index contributed by atoms with van der Waals surface area (Å²) in [5.74, 6) is 2.08. The van der Waals surface area contributed by atoms with Crippen LogP contribution in [0.3, 0.4) is 0 Å². The summed E-state index contributed by atoms with van der Waals surface area (Å²) in [7, 11) is 1.85. The van der Waals surface area contributed by atoms with Crippen molar-refractivity contribution in [3.05, 3.63) is 64.2 Å². The summed E-state index contributed by atoms with van der Waals surface area (Å²) in [4.78, 5) is 19.6. The van der Waals surface area contributed by atoms with Gasteiger partial charge in [0.05, 0.1) is 24.8 Å². The van der Waals surface area contributed by atoms with Gasteiger partial charge in [0.15, 0.2) is 0 Å². The van der Waals surface area contributed by atoms with E-state index in [9.17, 15) is 4.79 Å². The minimum atomic E-state index is -0.0879. The molecule has 152 valence electrons. The van der Waals surface area contributed by atoms with E-state index in [0.29, 0.717) is 37.1 Å². The number of aromatic nitrogens is 1. The van der Waals surface area contributed by atoms with Gasteiger partial charge in [-0.15, -0.1) is 0 Å². The van der Waals surface area contributed by atoms with Crippen molar-refractivity contribution in [3.63, 3.8) is 0 Å². The zero-order valence-electron chi connectivity index (χ0n) is 16.9. The van der Waals surface area contributed by atoms with Gasteiger partial charge in [-0.2, -0.15) is 0 Å². The number of nitrogens with zero attached hydrogens (tertiary/aromatic N) is 2. The summed E-state index contributed by atoms with van der Waals surface area (Å²) in [6, 6.07) is 12.0. The number of carbonyl (C=O) groups is 1. The maximum atomic E-state index is 13.3. The Morgan fingerprint density at radius 3 is 2.80 bits per heavy atom. The van der Waals surface area contributed by atoms with Crippen molar-refractivity contribution >= 4 is 22.6 Å². The number of nitrogens with two attached hydrogens (primary N) is 1. The molecule has 6 rings (SSSR count). The molecule has 1 fully saturated rings. The Morgan fingerprint density at radius 2 is 1.97 bits per heavy atom. The van der Waals surface area contributed by atoms with E-state index < -0.39 is 0 Å². The second-order valence-electron chi connectivity index (χ2n) is 8.49. The van der Waals surface area contributed by atoms with Crippen molar-refractivity contribution in [2.24, 2.45) is 0 Å². The minimum Gasteiger partial charge on any atom is -0.491 e. The van der Waals surface area contributed by atoms with Crippen LogP contribution < -0.4 is 10.5 Å². The molecule has 2 aromatic carbocycles. The fourth-order valence-electron chi connectivity index (χ4n) is 4.65. The molecule has 0 saturated heterocycles. The van der Waals surface area contributed by atoms with Crippen molar-refractivity contribution in [2.75, 3.05) is 19.4 Å². The Kier molecular flexibility index (Phi) is 3.80. The standard InChI is InChI=1S/C24H23N3O3/c1-27(21-12-30-22-9-14(13-2-3-13)4-6-16(21)22)24(28)15-5-7-20-17(8-15)18-10-29-11-19(18)23(25)26-20/h4-9,13,21H,2-3,10-12H2,1H3,(H2,25,26)/t21-/m0/s1. The molecule has 1 atom stereocenters. The van der Waals surface area contributed by atoms with E-state index in [1.165, 1.54) is 18.4 Å². The number of rotatable bonds is 3. The van der Waals surface area contributed by atoms with Crippen molar-refractivity contribution in [2.45, 2.75) is 38.0 Å². The number of anilines is 1. The molecule has 3 heterocycles. The molecule has 1 aromatic heterocycles. The lowest BCUT2D eigenvalue weighted by molar-refractivity contribution is 0.0708. The third kappa shape index (κ3) is 2.67. The average molecular weight is 401 g/mol. The van der Waals surface area contributed by atoms with E-state index >= 15 is 0 Å². The SMILES string of the molecule is CN(C(=O)c1ccc2nc(N)c3c(c2c1)COC3)[C@H]1COc2cc(C3CC3)ccc21. The first kappa shape index (κ1) is 17.7. The lowest BCUT2D eigenvalue weighted by atomic mass is 10.0. The molecular weight excluding hydrogens is 378 g/mol. The van der Waals surface area contributed by atoms with Crippen LogP contribution >= 0.6 is 0 Å². The number of benzene rings is 2. The molecule has 1 aliphatic carbocycles. The van der Waals surface area contributed by atoms with Gasteiger partial charge in [-0.3, -0.25) is 4.79 Å². The Hall–Kier alpha value is -3.12. The normalized spacial score (nSPS) is 19.4. The number of hydrogen-bond donors (Lipinski definition) is 1. The molecule has 0 radical (unpaired) electrons. The number of likely N-dealkylation sites (N-methyl/N-ethyl adjacent to an activating group) is 1. The molecule has 0 bridgehead atoms. The molecule has 3 aliphatic rings. The van der Waals surface area contributed by atoms with Crippen LogP contribution in [-0.4, -0.2) is 29.4 Å². The second-order valence-corrected chi connectivity index (χ2v) is 8.49. The highest BCUT2D eigenvalue weighted by atomic mass is 16.5. The molecule has 1 amide bonds. The summed E-state index contributed by atoms with van der Waals surface area (Å²) in [6.45, 7) is 1.46. The van der Waals surface area contributed by atoms with Crippen molar-refractivity contribution < 1.29 is 14.3 Å². The first-order valence-electron chi connectivity index (χ1n) is 10.4. The number of fused-ring (bicyclic) bond motifs is 4. The number of carbonyl (C=O) groups excluding carboxylic acids is 1. The van der Waals surface area contributed by atoms with Crippen molar-refractivity contribution in [3.8, 4) is 5.75 Å². The third-order valence-corrected chi connectivity index (χ3v) is 6.61. The molecule has 0 unspecified atom stereocenters. The highest BCUT2D eigenvalue weighted by molar-refractivity contribution is 5.99. The number of ether oxygens (including phenoxy) is 2. The quantitative estimate of drug-likeness (QED) is 0.720. The monoisotopic (exact) mass is 401 g/mol. The largest absolute Gasteiger partial charge is 0.491 e. The molecule has 3 aromatic rings. The fourth-order valence-corrected chi connectivity index (χ4v) is 4.65. The first-order chi connectivity index (χ1) is 14.6. The molecule has 6 nitrogen and oxygen atoms in total. The molecule has 6 heteroatoms. The first-order valence-corrected chi connectivity index (χ1v) is 10.4. The maximum Gasteiger partial charge on any atom is 0.254 e. The van der Waals surface area contributed by atoms with Crippen LogP contribution in [0.4, 0.5) is 5.82 Å². The van der Waals surface area contributed by atoms with E-state index in [0.717, 1.165) is 33.3 Å². The van der Waals surface area contributed by atoms with Gasteiger partial charge in [-0.1, -0.05) is 12.1 Å². The summed E-state index contributed by atoms with van der Waals surface area (Å²) < 4.78 is 11.5. The summed E-state index contributed by atoms with van der Waals surface area (Å²) >= 11 is 0. The van der Waals surface area contributed by atoms with Crippen LogP contribution in [0.5, 0.6) is 5.75 Å². The van der Waals surface area contributed by atoms with Crippen LogP contribution in [0, 0.1) is 0 Å². The summed E-state index contributed by atoms with van der Waals surface area (Å²) in [5.41, 5.74) is 11.9. The topological polar surface area (TPSA) is 77.7 Å². The lowest BCUT2D eigenvalue weighted by Crippen LogP contribution is -2.32. The van der Waals surface area contributed by atoms with E-state index in [2.05, 4.69) is 23.2 Å². The molecule has 2 aliphatic heterocycles. The maximum absolute atomic E-state index is 13.3. The van der Waals surface area contributed by atoms with Gasteiger partial charge in [-0.05, 0) is 54.2 Å². The number of amides is 1. The second kappa shape index (κ2) is 6.44. The highest BCUT2D eigenvalue weighted by Gasteiger charge is 2.33. The Balaban J connectivity index is 1.32. The smallest absolute Gasteiger partial charge is 0.254 e. The molecule has 0 spiro atoms. The number of nitrogen functional groups attached to an aromatic ring is 1. The lowest BCUT2D eigenvalue weighted by Gasteiger charge is -2.24. The van der Waals surface area contributed by atoms with Gasteiger partial charge >= 0.3 is 0 Å². The minimum absolute atomic E-state index is 0.0332. The summed E-state index contributed by atoms with van der Waals surface area (Å²) in [6.07, 6.45) is 2.52.